The number of hydrogen-bond donors (Lipinski definition) is 2. The number of morpholine rings is 1. The normalized spacial score (nSPS) is 18.7. The van der Waals surface area contributed by atoms with Gasteiger partial charge in [-0.3, -0.25) is 9.59 Å². The third kappa shape index (κ3) is 4.65. The Bertz CT molecular complexity index is 918. The highest BCUT2D eigenvalue weighted by atomic mass is 19.1. The molecule has 1 aliphatic rings. The maximum atomic E-state index is 13.4. The zero-order chi connectivity index (χ0) is 21.0. The molecule has 1 heterocycles. The van der Waals surface area contributed by atoms with E-state index < -0.39 is 12.1 Å². The molecule has 1 fully saturated rings. The van der Waals surface area contributed by atoms with Gasteiger partial charge in [-0.1, -0.05) is 18.2 Å². The molecular weight excluding hydrogens is 379 g/mol. The molecule has 2 aromatic rings. The number of rotatable bonds is 6. The Kier molecular flexibility index (Phi) is 6.33. The van der Waals surface area contributed by atoms with Crippen molar-refractivity contribution in [3.05, 3.63) is 58.9 Å². The molecule has 1 aliphatic heterocycles. The van der Waals surface area contributed by atoms with Crippen molar-refractivity contribution in [1.82, 2.24) is 10.6 Å². The molecule has 0 unspecified atom stereocenters. The van der Waals surface area contributed by atoms with E-state index in [1.54, 1.807) is 37.3 Å². The van der Waals surface area contributed by atoms with Gasteiger partial charge in [-0.15, -0.1) is 0 Å². The van der Waals surface area contributed by atoms with E-state index in [0.717, 1.165) is 5.56 Å². The second-order valence-electron chi connectivity index (χ2n) is 6.69. The van der Waals surface area contributed by atoms with Crippen LogP contribution in [0.25, 0.3) is 0 Å². The Morgan fingerprint density at radius 3 is 2.66 bits per heavy atom. The van der Waals surface area contributed by atoms with E-state index >= 15 is 0 Å². The van der Waals surface area contributed by atoms with Crippen LogP contribution < -0.4 is 20.1 Å². The van der Waals surface area contributed by atoms with E-state index in [1.807, 2.05) is 0 Å². The topological polar surface area (TPSA) is 85.9 Å². The third-order valence-corrected chi connectivity index (χ3v) is 4.73. The molecule has 2 atom stereocenters. The number of carbonyl (C=O) groups excluding carboxylic acids is 2. The summed E-state index contributed by atoms with van der Waals surface area (Å²) in [6.07, 6.45) is -0.924. The Morgan fingerprint density at radius 1 is 1.21 bits per heavy atom. The third-order valence-electron chi connectivity index (χ3n) is 4.73. The molecule has 2 amide bonds. The van der Waals surface area contributed by atoms with Crippen LogP contribution >= 0.6 is 0 Å². The number of benzene rings is 2. The molecular formula is C21H23FN2O5. The molecule has 2 aromatic carbocycles. The second-order valence-corrected chi connectivity index (χ2v) is 6.69. The fourth-order valence-electron chi connectivity index (χ4n) is 3.19. The fraction of sp³-hybridized carbons (Fsp3) is 0.333. The monoisotopic (exact) mass is 402 g/mol. The van der Waals surface area contributed by atoms with Gasteiger partial charge < -0.3 is 24.8 Å². The Labute approximate surface area is 168 Å². The van der Waals surface area contributed by atoms with Crippen LogP contribution in [0.4, 0.5) is 4.39 Å². The van der Waals surface area contributed by atoms with E-state index in [4.69, 9.17) is 14.2 Å². The van der Waals surface area contributed by atoms with E-state index in [2.05, 4.69) is 10.6 Å². The van der Waals surface area contributed by atoms with Crippen molar-refractivity contribution in [2.45, 2.75) is 25.6 Å². The summed E-state index contributed by atoms with van der Waals surface area (Å²) in [6, 6.07) is 9.09. The Hall–Kier alpha value is -3.13. The maximum absolute atomic E-state index is 13.4. The first kappa shape index (κ1) is 20.6. The average molecular weight is 402 g/mol. The zero-order valence-corrected chi connectivity index (χ0v) is 16.5. The van der Waals surface area contributed by atoms with Crippen LogP contribution in [0.1, 0.15) is 22.7 Å². The lowest BCUT2D eigenvalue weighted by molar-refractivity contribution is -0.148. The van der Waals surface area contributed by atoms with Gasteiger partial charge in [-0.25, -0.2) is 4.39 Å². The maximum Gasteiger partial charge on any atom is 0.251 e. The SMILES string of the molecule is COc1ccc([C@H]2NC(=O)CO[C@@H]2C(=O)NCc2ccc(F)c(C)c2)cc1OC. The quantitative estimate of drug-likeness (QED) is 0.772. The molecule has 0 aromatic heterocycles. The summed E-state index contributed by atoms with van der Waals surface area (Å²) in [5.74, 6) is 0.0134. The molecule has 3 rings (SSSR count). The van der Waals surface area contributed by atoms with Crippen molar-refractivity contribution in [3.63, 3.8) is 0 Å². The van der Waals surface area contributed by atoms with Crippen LogP contribution in [0.3, 0.4) is 0 Å². The number of carbonyl (C=O) groups is 2. The summed E-state index contributed by atoms with van der Waals surface area (Å²) in [7, 11) is 3.03. The summed E-state index contributed by atoms with van der Waals surface area (Å²) in [5, 5.41) is 5.58. The predicted molar refractivity (Wildman–Crippen MR) is 103 cm³/mol. The van der Waals surface area contributed by atoms with Crippen LogP contribution in [0.2, 0.25) is 0 Å². The second kappa shape index (κ2) is 8.91. The van der Waals surface area contributed by atoms with Gasteiger partial charge in [0.15, 0.2) is 17.6 Å². The van der Waals surface area contributed by atoms with Gasteiger partial charge in [0.05, 0.1) is 20.3 Å². The van der Waals surface area contributed by atoms with Gasteiger partial charge in [0.25, 0.3) is 5.91 Å². The zero-order valence-electron chi connectivity index (χ0n) is 16.5. The molecule has 154 valence electrons. The van der Waals surface area contributed by atoms with Crippen LogP contribution in [0, 0.1) is 12.7 Å². The van der Waals surface area contributed by atoms with E-state index in [0.29, 0.717) is 22.6 Å². The lowest BCUT2D eigenvalue weighted by Crippen LogP contribution is -2.52. The van der Waals surface area contributed by atoms with E-state index in [-0.39, 0.29) is 30.8 Å². The smallest absolute Gasteiger partial charge is 0.251 e. The molecule has 0 aliphatic carbocycles. The number of hydrogen-bond acceptors (Lipinski definition) is 5. The summed E-state index contributed by atoms with van der Waals surface area (Å²) in [6.45, 7) is 1.66. The van der Waals surface area contributed by atoms with Gasteiger partial charge in [-0.05, 0) is 41.8 Å². The van der Waals surface area contributed by atoms with Gasteiger partial charge in [0, 0.05) is 6.54 Å². The number of ether oxygens (including phenoxy) is 3. The van der Waals surface area contributed by atoms with Crippen molar-refractivity contribution in [1.29, 1.82) is 0 Å². The largest absolute Gasteiger partial charge is 0.493 e. The lowest BCUT2D eigenvalue weighted by atomic mass is 9.98. The fourth-order valence-corrected chi connectivity index (χ4v) is 3.19. The van der Waals surface area contributed by atoms with Gasteiger partial charge in [-0.2, -0.15) is 0 Å². The first-order valence-electron chi connectivity index (χ1n) is 9.08. The van der Waals surface area contributed by atoms with Crippen LogP contribution in [0.15, 0.2) is 36.4 Å². The van der Waals surface area contributed by atoms with Crippen LogP contribution in [-0.4, -0.2) is 38.7 Å². The van der Waals surface area contributed by atoms with Crippen molar-refractivity contribution < 1.29 is 28.2 Å². The van der Waals surface area contributed by atoms with E-state index in [9.17, 15) is 14.0 Å². The minimum atomic E-state index is -0.924. The van der Waals surface area contributed by atoms with Crippen LogP contribution in [0.5, 0.6) is 11.5 Å². The number of nitrogens with one attached hydrogen (secondary N) is 2. The standard InChI is InChI=1S/C21H23FN2O5/c1-12-8-13(4-6-15(12)22)10-23-21(26)20-19(24-18(25)11-29-20)14-5-7-16(27-2)17(9-14)28-3/h4-9,19-20H,10-11H2,1-3H3,(H,23,26)(H,24,25)/t19-,20+/m1/s1. The molecule has 0 saturated carbocycles. The van der Waals surface area contributed by atoms with Crippen molar-refractivity contribution in [2.75, 3.05) is 20.8 Å². The van der Waals surface area contributed by atoms with Crippen LogP contribution in [-0.2, 0) is 20.9 Å². The Morgan fingerprint density at radius 2 is 1.97 bits per heavy atom. The molecule has 7 nitrogen and oxygen atoms in total. The van der Waals surface area contributed by atoms with Crippen molar-refractivity contribution >= 4 is 11.8 Å². The number of methoxy groups -OCH3 is 2. The lowest BCUT2D eigenvalue weighted by Gasteiger charge is -2.32. The number of amides is 2. The minimum Gasteiger partial charge on any atom is -0.493 e. The minimum absolute atomic E-state index is 0.211. The molecule has 0 bridgehead atoms. The van der Waals surface area contributed by atoms with E-state index in [1.165, 1.54) is 20.3 Å². The molecule has 29 heavy (non-hydrogen) atoms. The Balaban J connectivity index is 1.77. The summed E-state index contributed by atoms with van der Waals surface area (Å²) < 4.78 is 29.5. The molecule has 0 spiro atoms. The predicted octanol–water partition coefficient (Wildman–Crippen LogP) is 2.02. The van der Waals surface area contributed by atoms with Gasteiger partial charge >= 0.3 is 0 Å². The highest BCUT2D eigenvalue weighted by Gasteiger charge is 2.36. The van der Waals surface area contributed by atoms with Gasteiger partial charge in [0.2, 0.25) is 5.91 Å². The number of aryl methyl sites for hydroxylation is 1. The first-order valence-corrected chi connectivity index (χ1v) is 9.08. The highest BCUT2D eigenvalue weighted by Crippen LogP contribution is 2.32. The summed E-state index contributed by atoms with van der Waals surface area (Å²) >= 11 is 0. The molecule has 1 saturated heterocycles. The molecule has 0 radical (unpaired) electrons. The van der Waals surface area contributed by atoms with Crippen molar-refractivity contribution in [2.24, 2.45) is 0 Å². The van der Waals surface area contributed by atoms with Crippen molar-refractivity contribution in [3.8, 4) is 11.5 Å². The molecule has 8 heteroatoms. The van der Waals surface area contributed by atoms with Gasteiger partial charge in [0.1, 0.15) is 12.4 Å². The average Bonchev–Trinajstić information content (AvgIpc) is 2.73. The summed E-state index contributed by atoms with van der Waals surface area (Å²) in [5.41, 5.74) is 1.91. The number of halogens is 1. The first-order chi connectivity index (χ1) is 13.9. The highest BCUT2D eigenvalue weighted by molar-refractivity contribution is 5.86. The summed E-state index contributed by atoms with van der Waals surface area (Å²) in [4.78, 5) is 24.7. The molecule has 2 N–H and O–H groups in total.